The minimum Gasteiger partial charge on any atom is -0.490 e. The molecule has 0 atom stereocenters. The van der Waals surface area contributed by atoms with Crippen LogP contribution in [0.15, 0.2) is 18.2 Å². The van der Waals surface area contributed by atoms with Crippen LogP contribution in [0.3, 0.4) is 0 Å². The molecule has 3 nitrogen and oxygen atoms in total. The summed E-state index contributed by atoms with van der Waals surface area (Å²) in [4.78, 5) is 0. The fraction of sp³-hybridized carbons (Fsp3) is 0.500. The number of hydrogen-bond donors (Lipinski definition) is 1. The molecule has 1 aromatic rings. The third-order valence-corrected chi connectivity index (χ3v) is 3.66. The van der Waals surface area contributed by atoms with E-state index in [-0.39, 0.29) is 5.54 Å². The van der Waals surface area contributed by atoms with Gasteiger partial charge in [0.15, 0.2) is 0 Å². The molecule has 1 aliphatic carbocycles. The highest BCUT2D eigenvalue weighted by Gasteiger charge is 2.28. The fourth-order valence-electron chi connectivity index (χ4n) is 2.33. The summed E-state index contributed by atoms with van der Waals surface area (Å²) in [5, 5.41) is 9.57. The van der Waals surface area contributed by atoms with E-state index < -0.39 is 0 Å². The zero-order valence-electron chi connectivity index (χ0n) is 10.3. The van der Waals surface area contributed by atoms with Crippen LogP contribution in [-0.2, 0) is 0 Å². The van der Waals surface area contributed by atoms with Crippen LogP contribution in [0.1, 0.15) is 37.7 Å². The molecule has 1 saturated carbocycles. The number of rotatable bonds is 3. The summed E-state index contributed by atoms with van der Waals surface area (Å²) in [6.45, 7) is 0.446. The van der Waals surface area contributed by atoms with Gasteiger partial charge in [0.25, 0.3) is 0 Å². The molecule has 1 fully saturated rings. The first-order valence-electron chi connectivity index (χ1n) is 6.24. The molecule has 0 unspecified atom stereocenters. The number of hydrogen-bond acceptors (Lipinski definition) is 3. The third-order valence-electron chi connectivity index (χ3n) is 3.43. The third kappa shape index (κ3) is 3.16. The summed E-state index contributed by atoms with van der Waals surface area (Å²) in [6.07, 6.45) is 5.52. The Labute approximate surface area is 112 Å². The molecule has 0 amide bonds. The largest absolute Gasteiger partial charge is 0.490 e. The van der Waals surface area contributed by atoms with Gasteiger partial charge in [0.2, 0.25) is 0 Å². The number of nitrogens with two attached hydrogens (primary N) is 1. The summed E-state index contributed by atoms with van der Waals surface area (Å²) in [5.41, 5.74) is 6.54. The van der Waals surface area contributed by atoms with E-state index in [1.807, 2.05) is 0 Å². The highest BCUT2D eigenvalue weighted by molar-refractivity contribution is 6.30. The molecule has 0 spiro atoms. The lowest BCUT2D eigenvalue weighted by Crippen LogP contribution is -2.47. The van der Waals surface area contributed by atoms with Crippen LogP contribution in [0, 0.1) is 11.3 Å². The normalized spacial score (nSPS) is 18.1. The van der Waals surface area contributed by atoms with E-state index in [2.05, 4.69) is 6.07 Å². The fourth-order valence-corrected chi connectivity index (χ4v) is 2.49. The molecule has 0 heterocycles. The van der Waals surface area contributed by atoms with Crippen molar-refractivity contribution in [2.75, 3.05) is 6.61 Å². The molecule has 2 N–H and O–H groups in total. The van der Waals surface area contributed by atoms with Gasteiger partial charge in [0.05, 0.1) is 11.1 Å². The van der Waals surface area contributed by atoms with E-state index in [1.54, 1.807) is 18.2 Å². The number of benzene rings is 1. The first-order chi connectivity index (χ1) is 8.63. The summed E-state index contributed by atoms with van der Waals surface area (Å²) in [5.74, 6) is 0.528. The van der Waals surface area contributed by atoms with E-state index in [4.69, 9.17) is 27.3 Å². The van der Waals surface area contributed by atoms with Crippen molar-refractivity contribution in [3.63, 3.8) is 0 Å². The van der Waals surface area contributed by atoms with E-state index in [9.17, 15) is 0 Å². The van der Waals surface area contributed by atoms with Crippen LogP contribution >= 0.6 is 11.6 Å². The summed E-state index contributed by atoms with van der Waals surface area (Å²) in [7, 11) is 0. The Morgan fingerprint density at radius 2 is 2.06 bits per heavy atom. The summed E-state index contributed by atoms with van der Waals surface area (Å²) >= 11 is 5.91. The Hall–Kier alpha value is -1.24. The maximum absolute atomic E-state index is 9.01. The van der Waals surface area contributed by atoms with Gasteiger partial charge < -0.3 is 10.5 Å². The van der Waals surface area contributed by atoms with Crippen molar-refractivity contribution < 1.29 is 4.74 Å². The van der Waals surface area contributed by atoms with E-state index in [0.717, 1.165) is 25.7 Å². The van der Waals surface area contributed by atoms with Crippen LogP contribution < -0.4 is 10.5 Å². The first-order valence-corrected chi connectivity index (χ1v) is 6.62. The lowest BCUT2D eigenvalue weighted by molar-refractivity contribution is 0.173. The topological polar surface area (TPSA) is 59.0 Å². The van der Waals surface area contributed by atoms with Gasteiger partial charge in [0.1, 0.15) is 18.4 Å². The van der Waals surface area contributed by atoms with Gasteiger partial charge >= 0.3 is 0 Å². The zero-order chi connectivity index (χ0) is 13.0. The second kappa shape index (κ2) is 5.60. The number of halogens is 1. The van der Waals surface area contributed by atoms with Crippen LogP contribution in [0.2, 0.25) is 5.02 Å². The number of ether oxygens (including phenoxy) is 1. The van der Waals surface area contributed by atoms with Gasteiger partial charge in [-0.1, -0.05) is 30.9 Å². The van der Waals surface area contributed by atoms with Crippen LogP contribution in [0.5, 0.6) is 5.75 Å². The lowest BCUT2D eigenvalue weighted by atomic mass is 9.83. The average Bonchev–Trinajstić information content (AvgIpc) is 2.38. The second-order valence-corrected chi connectivity index (χ2v) is 5.40. The van der Waals surface area contributed by atoms with Crippen LogP contribution in [0.25, 0.3) is 0 Å². The Bertz CT molecular complexity index is 461. The molecule has 2 rings (SSSR count). The quantitative estimate of drug-likeness (QED) is 0.912. The molecule has 1 aliphatic rings. The molecule has 0 saturated heterocycles. The Morgan fingerprint density at radius 3 is 2.72 bits per heavy atom. The number of nitriles is 1. The van der Waals surface area contributed by atoms with Gasteiger partial charge in [0, 0.05) is 11.1 Å². The predicted octanol–water partition coefficient (Wildman–Crippen LogP) is 3.25. The zero-order valence-corrected chi connectivity index (χ0v) is 11.0. The molecule has 0 bridgehead atoms. The molecule has 0 radical (unpaired) electrons. The molecule has 4 heteroatoms. The van der Waals surface area contributed by atoms with Gasteiger partial charge in [-0.25, -0.2) is 0 Å². The smallest absolute Gasteiger partial charge is 0.138 e. The van der Waals surface area contributed by atoms with Gasteiger partial charge in [-0.3, -0.25) is 0 Å². The van der Waals surface area contributed by atoms with Gasteiger partial charge in [-0.05, 0) is 25.0 Å². The molecular formula is C14H17ClN2O. The van der Waals surface area contributed by atoms with Crippen molar-refractivity contribution in [2.45, 2.75) is 37.6 Å². The summed E-state index contributed by atoms with van der Waals surface area (Å²) in [6, 6.07) is 7.13. The van der Waals surface area contributed by atoms with Crippen molar-refractivity contribution in [2.24, 2.45) is 5.73 Å². The molecular weight excluding hydrogens is 248 g/mol. The molecule has 0 aromatic heterocycles. The Balaban J connectivity index is 2.05. The minimum atomic E-state index is -0.257. The Kier molecular flexibility index (Phi) is 4.11. The van der Waals surface area contributed by atoms with Crippen molar-refractivity contribution >= 4 is 11.6 Å². The van der Waals surface area contributed by atoms with Crippen molar-refractivity contribution in [3.8, 4) is 11.8 Å². The highest BCUT2D eigenvalue weighted by atomic mass is 35.5. The van der Waals surface area contributed by atoms with Crippen molar-refractivity contribution in [3.05, 3.63) is 28.8 Å². The molecule has 1 aromatic carbocycles. The van der Waals surface area contributed by atoms with Crippen LogP contribution in [-0.4, -0.2) is 12.1 Å². The van der Waals surface area contributed by atoms with E-state index in [1.165, 1.54) is 6.42 Å². The van der Waals surface area contributed by atoms with E-state index >= 15 is 0 Å². The minimum absolute atomic E-state index is 0.257. The predicted molar refractivity (Wildman–Crippen MR) is 71.7 cm³/mol. The Morgan fingerprint density at radius 1 is 1.33 bits per heavy atom. The molecule has 0 aliphatic heterocycles. The van der Waals surface area contributed by atoms with Gasteiger partial charge in [-0.15, -0.1) is 0 Å². The number of nitrogens with zero attached hydrogens (tertiary/aromatic N) is 1. The SMILES string of the molecule is N#Cc1ccc(Cl)cc1OCC1(N)CCCCC1. The van der Waals surface area contributed by atoms with Crippen LogP contribution in [0.4, 0.5) is 0 Å². The monoisotopic (exact) mass is 264 g/mol. The van der Waals surface area contributed by atoms with E-state index in [0.29, 0.717) is 22.9 Å². The maximum Gasteiger partial charge on any atom is 0.138 e. The van der Waals surface area contributed by atoms with Crippen molar-refractivity contribution in [1.82, 2.24) is 0 Å². The van der Waals surface area contributed by atoms with Gasteiger partial charge in [-0.2, -0.15) is 5.26 Å². The van der Waals surface area contributed by atoms with Crippen molar-refractivity contribution in [1.29, 1.82) is 5.26 Å². The average molecular weight is 265 g/mol. The second-order valence-electron chi connectivity index (χ2n) is 4.96. The lowest BCUT2D eigenvalue weighted by Gasteiger charge is -2.33. The first kappa shape index (κ1) is 13.2. The molecule has 18 heavy (non-hydrogen) atoms. The molecule has 96 valence electrons. The maximum atomic E-state index is 9.01. The standard InChI is InChI=1S/C14H17ClN2O/c15-12-5-4-11(9-16)13(8-12)18-10-14(17)6-2-1-3-7-14/h4-5,8H,1-3,6-7,10,17H2. The highest BCUT2D eigenvalue weighted by Crippen LogP contribution is 2.28. The summed E-state index contributed by atoms with van der Waals surface area (Å²) < 4.78 is 5.72.